The van der Waals surface area contributed by atoms with Crippen LogP contribution in [0.1, 0.15) is 77.7 Å². The number of hydrogen-bond donors (Lipinski definition) is 0. The van der Waals surface area contributed by atoms with Gasteiger partial charge in [0.15, 0.2) is 0 Å². The highest BCUT2D eigenvalue weighted by Crippen LogP contribution is 2.22. The van der Waals surface area contributed by atoms with Gasteiger partial charge in [-0.25, -0.2) is 0 Å². The molecule has 0 aliphatic carbocycles. The summed E-state index contributed by atoms with van der Waals surface area (Å²) in [7, 11) is 0. The lowest BCUT2D eigenvalue weighted by Crippen LogP contribution is -2.03. The molecule has 0 heterocycles. The van der Waals surface area contributed by atoms with Gasteiger partial charge in [0.1, 0.15) is 0 Å². The second-order valence-electron chi connectivity index (χ2n) is 7.16. The molecule has 0 atom stereocenters. The van der Waals surface area contributed by atoms with Gasteiger partial charge in [-0.05, 0) is 42.4 Å². The first-order chi connectivity index (χ1) is 9.47. The molecule has 0 bridgehead atoms. The third-order valence-corrected chi connectivity index (χ3v) is 4.33. The van der Waals surface area contributed by atoms with E-state index >= 15 is 0 Å². The van der Waals surface area contributed by atoms with Crippen LogP contribution >= 0.6 is 15.9 Å². The summed E-state index contributed by atoms with van der Waals surface area (Å²) in [5, 5.41) is 0. The fourth-order valence-corrected chi connectivity index (χ4v) is 2.78. The molecule has 0 saturated carbocycles. The average molecular weight is 339 g/mol. The summed E-state index contributed by atoms with van der Waals surface area (Å²) in [4.78, 5) is 0. The molecule has 0 nitrogen and oxygen atoms in total. The topological polar surface area (TPSA) is 0 Å². The van der Waals surface area contributed by atoms with E-state index in [4.69, 9.17) is 0 Å². The zero-order valence-corrected chi connectivity index (χ0v) is 15.1. The predicted molar refractivity (Wildman–Crippen MR) is 94.2 cm³/mol. The van der Waals surface area contributed by atoms with Crippen molar-refractivity contribution in [1.82, 2.24) is 0 Å². The van der Waals surface area contributed by atoms with Gasteiger partial charge < -0.3 is 0 Å². The Bertz CT molecular complexity index is 345. The van der Waals surface area contributed by atoms with Crippen LogP contribution in [0.4, 0.5) is 0 Å². The number of hydrogen-bond acceptors (Lipinski definition) is 0. The highest BCUT2D eigenvalue weighted by atomic mass is 79.9. The highest BCUT2D eigenvalue weighted by Gasteiger charge is 2.08. The second-order valence-corrected chi connectivity index (χ2v) is 8.08. The van der Waals surface area contributed by atoms with Gasteiger partial charge in [-0.15, -0.1) is 0 Å². The summed E-state index contributed by atoms with van der Waals surface area (Å²) in [5.74, 6) is 0. The molecular weight excluding hydrogens is 308 g/mol. The van der Waals surface area contributed by atoms with E-state index in [0.29, 0.717) is 5.41 Å². The molecule has 0 spiro atoms. The summed E-state index contributed by atoms with van der Waals surface area (Å²) < 4.78 is 1.18. The first-order valence-corrected chi connectivity index (χ1v) is 9.01. The van der Waals surface area contributed by atoms with E-state index in [2.05, 4.69) is 61.0 Å². The summed E-state index contributed by atoms with van der Waals surface area (Å²) in [6.45, 7) is 7.03. The monoisotopic (exact) mass is 338 g/mol. The molecule has 0 N–H and O–H groups in total. The fourth-order valence-electron chi connectivity index (χ4n) is 2.52. The molecule has 0 aliphatic rings. The molecule has 1 aromatic carbocycles. The SMILES string of the molecule is CC(C)(C)CCCCCCCCCc1ccc(Br)cc1. The van der Waals surface area contributed by atoms with Gasteiger partial charge in [0.2, 0.25) is 0 Å². The molecular formula is C19H31Br. The molecule has 0 saturated heterocycles. The maximum Gasteiger partial charge on any atom is 0.0175 e. The van der Waals surface area contributed by atoms with Crippen molar-refractivity contribution in [2.75, 3.05) is 0 Å². The van der Waals surface area contributed by atoms with Gasteiger partial charge in [-0.2, -0.15) is 0 Å². The van der Waals surface area contributed by atoms with Crippen molar-refractivity contribution >= 4 is 15.9 Å². The van der Waals surface area contributed by atoms with Crippen LogP contribution in [0.25, 0.3) is 0 Å². The van der Waals surface area contributed by atoms with Crippen LogP contribution in [0.15, 0.2) is 28.7 Å². The molecule has 0 aliphatic heterocycles. The van der Waals surface area contributed by atoms with Crippen LogP contribution < -0.4 is 0 Å². The minimum Gasteiger partial charge on any atom is -0.0602 e. The van der Waals surface area contributed by atoms with E-state index in [1.54, 1.807) is 0 Å². The maximum atomic E-state index is 3.48. The molecule has 0 amide bonds. The van der Waals surface area contributed by atoms with Crippen LogP contribution in [0.2, 0.25) is 0 Å². The largest absolute Gasteiger partial charge is 0.0602 e. The van der Waals surface area contributed by atoms with Gasteiger partial charge in [-0.3, -0.25) is 0 Å². The van der Waals surface area contributed by atoms with Gasteiger partial charge in [0, 0.05) is 4.47 Å². The van der Waals surface area contributed by atoms with E-state index in [9.17, 15) is 0 Å². The molecule has 1 rings (SSSR count). The lowest BCUT2D eigenvalue weighted by atomic mass is 9.89. The van der Waals surface area contributed by atoms with Gasteiger partial charge in [0.25, 0.3) is 0 Å². The normalized spacial score (nSPS) is 11.8. The summed E-state index contributed by atoms with van der Waals surface area (Å²) in [6, 6.07) is 8.75. The Morgan fingerprint density at radius 3 is 1.80 bits per heavy atom. The smallest absolute Gasteiger partial charge is 0.0175 e. The first kappa shape index (κ1) is 17.8. The number of halogens is 1. The van der Waals surface area contributed by atoms with Crippen LogP contribution in [0, 0.1) is 5.41 Å². The van der Waals surface area contributed by atoms with E-state index in [0.717, 1.165) is 0 Å². The van der Waals surface area contributed by atoms with Crippen LogP contribution in [0.5, 0.6) is 0 Å². The van der Waals surface area contributed by atoms with E-state index in [-0.39, 0.29) is 0 Å². The maximum absolute atomic E-state index is 3.48. The minimum absolute atomic E-state index is 0.519. The van der Waals surface area contributed by atoms with Crippen molar-refractivity contribution in [2.45, 2.75) is 78.6 Å². The molecule has 114 valence electrons. The van der Waals surface area contributed by atoms with Crippen molar-refractivity contribution in [3.8, 4) is 0 Å². The third-order valence-electron chi connectivity index (χ3n) is 3.81. The van der Waals surface area contributed by atoms with Gasteiger partial charge in [0.05, 0.1) is 0 Å². The van der Waals surface area contributed by atoms with Crippen LogP contribution in [-0.2, 0) is 6.42 Å². The van der Waals surface area contributed by atoms with Crippen molar-refractivity contribution < 1.29 is 0 Å². The lowest BCUT2D eigenvalue weighted by Gasteiger charge is -2.17. The zero-order valence-electron chi connectivity index (χ0n) is 13.6. The fraction of sp³-hybridized carbons (Fsp3) is 0.684. The molecule has 20 heavy (non-hydrogen) atoms. The number of rotatable bonds is 9. The molecule has 0 unspecified atom stereocenters. The van der Waals surface area contributed by atoms with Crippen LogP contribution in [0.3, 0.4) is 0 Å². The quantitative estimate of drug-likeness (QED) is 0.419. The summed E-state index contributed by atoms with van der Waals surface area (Å²) in [5.41, 5.74) is 1.99. The lowest BCUT2D eigenvalue weighted by molar-refractivity contribution is 0.356. The van der Waals surface area contributed by atoms with Gasteiger partial charge >= 0.3 is 0 Å². The zero-order chi connectivity index (χ0) is 14.8. The Hall–Kier alpha value is -0.300. The Morgan fingerprint density at radius 2 is 1.25 bits per heavy atom. The third kappa shape index (κ3) is 9.58. The van der Waals surface area contributed by atoms with E-state index < -0.39 is 0 Å². The summed E-state index contributed by atoms with van der Waals surface area (Å²) in [6.07, 6.45) is 12.4. The van der Waals surface area contributed by atoms with Crippen molar-refractivity contribution in [1.29, 1.82) is 0 Å². The highest BCUT2D eigenvalue weighted by molar-refractivity contribution is 9.10. The standard InChI is InChI=1S/C19H31Br/c1-19(2,3)16-10-8-6-4-5-7-9-11-17-12-14-18(20)15-13-17/h12-15H,4-11,16H2,1-3H3. The molecule has 1 aromatic rings. The van der Waals surface area contributed by atoms with E-state index in [1.165, 1.54) is 67.8 Å². The number of unbranched alkanes of at least 4 members (excludes halogenated alkanes) is 6. The summed E-state index contributed by atoms with van der Waals surface area (Å²) >= 11 is 3.48. The second kappa shape index (κ2) is 9.60. The minimum atomic E-state index is 0.519. The number of benzene rings is 1. The molecule has 0 radical (unpaired) electrons. The van der Waals surface area contributed by atoms with Gasteiger partial charge in [-0.1, -0.05) is 87.4 Å². The first-order valence-electron chi connectivity index (χ1n) is 8.22. The Kier molecular flexibility index (Phi) is 8.52. The van der Waals surface area contributed by atoms with E-state index in [1.807, 2.05) is 0 Å². The Labute approximate surface area is 134 Å². The molecule has 0 fully saturated rings. The average Bonchev–Trinajstić information content (AvgIpc) is 2.37. The molecule has 0 aromatic heterocycles. The molecule has 1 heteroatoms. The van der Waals surface area contributed by atoms with Crippen molar-refractivity contribution in [3.63, 3.8) is 0 Å². The predicted octanol–water partition coefficient (Wildman–Crippen LogP) is 7.16. The van der Waals surface area contributed by atoms with Crippen LogP contribution in [-0.4, -0.2) is 0 Å². The number of aryl methyl sites for hydroxylation is 1. The Morgan fingerprint density at radius 1 is 0.750 bits per heavy atom. The van der Waals surface area contributed by atoms with Crippen molar-refractivity contribution in [2.24, 2.45) is 5.41 Å². The van der Waals surface area contributed by atoms with Crippen molar-refractivity contribution in [3.05, 3.63) is 34.3 Å². The Balaban J connectivity index is 1.91.